The smallest absolute Gasteiger partial charge is 0.163 e. The van der Waals surface area contributed by atoms with Gasteiger partial charge >= 0.3 is 0 Å². The van der Waals surface area contributed by atoms with Gasteiger partial charge in [-0.05, 0) is 0 Å². The van der Waals surface area contributed by atoms with E-state index < -0.39 is 0 Å². The zero-order valence-corrected chi connectivity index (χ0v) is 3.23. The molecule has 0 atom stereocenters. The minimum absolute atomic E-state index is 0.569. The first-order valence-electron chi connectivity index (χ1n) is 1.56. The second-order valence-corrected chi connectivity index (χ2v) is 0.770. The van der Waals surface area contributed by atoms with Gasteiger partial charge in [-0.1, -0.05) is 0 Å². The molecule has 0 heterocycles. The second kappa shape index (κ2) is 3.45. The molecular weight excluding hydrogens is 64.0 g/mol. The van der Waals surface area contributed by atoms with E-state index in [1.807, 2.05) is 18.4 Å². The Bertz CT molecular complexity index is 43.3. The summed E-state index contributed by atoms with van der Waals surface area (Å²) in [5, 5.41) is 9.60. The Labute approximate surface area is 31.4 Å². The molecule has 0 saturated heterocycles. The summed E-state index contributed by atoms with van der Waals surface area (Å²) in [6, 6.07) is 1.96. The van der Waals surface area contributed by atoms with Gasteiger partial charge in [0.05, 0.1) is 7.05 Å². The highest BCUT2D eigenvalue weighted by Gasteiger charge is 1.65. The molecule has 0 saturated carbocycles. The topological polar surface area (TPSA) is 40.4 Å². The Morgan fingerprint density at radius 3 is 2.60 bits per heavy atom. The van der Waals surface area contributed by atoms with Crippen LogP contribution < -0.4 is 5.32 Å². The summed E-state index contributed by atoms with van der Waals surface area (Å²) in [5.41, 5.74) is 0. The van der Waals surface area contributed by atoms with Crippen molar-refractivity contribution in [3.8, 4) is 6.07 Å². The number of hydrogen-bond donors (Lipinski definition) is 1. The van der Waals surface area contributed by atoms with Crippen molar-refractivity contribution in [2.24, 2.45) is 0 Å². The highest BCUT2D eigenvalue weighted by Crippen LogP contribution is 1.24. The number of hydrogen-bond acceptors (Lipinski definition) is 1. The van der Waals surface area contributed by atoms with Gasteiger partial charge in [-0.2, -0.15) is 5.26 Å². The van der Waals surface area contributed by atoms with Gasteiger partial charge in [-0.25, -0.2) is 0 Å². The van der Waals surface area contributed by atoms with Crippen LogP contribution >= 0.6 is 0 Å². The van der Waals surface area contributed by atoms with E-state index in [4.69, 9.17) is 5.26 Å². The number of nitriles is 1. The maximum atomic E-state index is 7.78. The zero-order valence-electron chi connectivity index (χ0n) is 3.23. The molecule has 0 unspecified atom stereocenters. The molecule has 0 aliphatic carbocycles. The highest BCUT2D eigenvalue weighted by molar-refractivity contribution is 4.62. The van der Waals surface area contributed by atoms with E-state index >= 15 is 0 Å². The Morgan fingerprint density at radius 2 is 2.60 bits per heavy atom. The summed E-state index contributed by atoms with van der Waals surface area (Å²) >= 11 is 0. The largest absolute Gasteiger partial charge is 0.337 e. The lowest BCUT2D eigenvalue weighted by Crippen LogP contribution is -2.79. The Balaban J connectivity index is 2.48. The quantitative estimate of drug-likeness (QED) is 0.384. The molecule has 0 aromatic heterocycles. The third-order valence-electron chi connectivity index (χ3n) is 0.295. The molecule has 0 amide bonds. The van der Waals surface area contributed by atoms with E-state index in [1.165, 1.54) is 0 Å². The Morgan fingerprint density at radius 1 is 2.00 bits per heavy atom. The molecule has 2 heteroatoms. The molecule has 5 heavy (non-hydrogen) atoms. The van der Waals surface area contributed by atoms with Gasteiger partial charge in [0.2, 0.25) is 0 Å². The number of nitrogens with zero attached hydrogens (tertiary/aromatic N) is 1. The summed E-state index contributed by atoms with van der Waals surface area (Å²) in [7, 11) is 1.86. The van der Waals surface area contributed by atoms with Crippen LogP contribution in [0.15, 0.2) is 0 Å². The molecule has 0 aliphatic heterocycles. The lowest BCUT2D eigenvalue weighted by atomic mass is 10.7. The lowest BCUT2D eigenvalue weighted by Gasteiger charge is -1.70. The average Bonchev–Trinajstić information content (AvgIpc) is 1.41. The van der Waals surface area contributed by atoms with Crippen LogP contribution in [0, 0.1) is 11.3 Å². The fourth-order valence-corrected chi connectivity index (χ4v) is 0.0913. The van der Waals surface area contributed by atoms with Crippen molar-refractivity contribution in [3.63, 3.8) is 0 Å². The number of quaternary nitrogens is 1. The first-order chi connectivity index (χ1) is 2.41. The van der Waals surface area contributed by atoms with Crippen LogP contribution in [0.25, 0.3) is 0 Å². The predicted molar refractivity (Wildman–Crippen MR) is 18.3 cm³/mol. The molecule has 0 aromatic carbocycles. The maximum absolute atomic E-state index is 7.78. The van der Waals surface area contributed by atoms with Crippen LogP contribution in [0.1, 0.15) is 0 Å². The van der Waals surface area contributed by atoms with Crippen molar-refractivity contribution in [2.75, 3.05) is 13.6 Å². The number of nitrogens with two attached hydrogens (primary N) is 1. The van der Waals surface area contributed by atoms with Gasteiger partial charge in [0.1, 0.15) is 6.07 Å². The van der Waals surface area contributed by atoms with Gasteiger partial charge in [-0.15, -0.1) is 0 Å². The van der Waals surface area contributed by atoms with Crippen LogP contribution in [0.5, 0.6) is 0 Å². The third-order valence-corrected chi connectivity index (χ3v) is 0.295. The summed E-state index contributed by atoms with van der Waals surface area (Å²) in [6.45, 7) is 0.569. The molecule has 0 bridgehead atoms. The zero-order chi connectivity index (χ0) is 4.12. The Kier molecular flexibility index (Phi) is 3.07. The molecule has 0 radical (unpaired) electrons. The molecule has 2 nitrogen and oxygen atoms in total. The summed E-state index contributed by atoms with van der Waals surface area (Å²) in [5.74, 6) is 0. The SMILES string of the molecule is C[NH2+]CC#N. The van der Waals surface area contributed by atoms with Gasteiger partial charge in [-0.3, -0.25) is 0 Å². The molecule has 0 fully saturated rings. The normalized spacial score (nSPS) is 6.40. The van der Waals surface area contributed by atoms with Crippen molar-refractivity contribution in [1.29, 1.82) is 5.26 Å². The minimum Gasteiger partial charge on any atom is -0.337 e. The standard InChI is InChI=1S/C3H6N2/c1-5-3-2-4/h5H,3H2,1H3/p+1. The molecule has 28 valence electrons. The molecule has 0 aliphatic rings. The van der Waals surface area contributed by atoms with E-state index in [9.17, 15) is 0 Å². The summed E-state index contributed by atoms with van der Waals surface area (Å²) < 4.78 is 0. The van der Waals surface area contributed by atoms with E-state index in [-0.39, 0.29) is 0 Å². The average molecular weight is 71.1 g/mol. The van der Waals surface area contributed by atoms with Crippen LogP contribution in [0.2, 0.25) is 0 Å². The summed E-state index contributed by atoms with van der Waals surface area (Å²) in [4.78, 5) is 0. The van der Waals surface area contributed by atoms with E-state index in [1.54, 1.807) is 0 Å². The lowest BCUT2D eigenvalue weighted by molar-refractivity contribution is -0.615. The third kappa shape index (κ3) is 3.45. The van der Waals surface area contributed by atoms with Crippen molar-refractivity contribution < 1.29 is 5.32 Å². The van der Waals surface area contributed by atoms with Crippen LogP contribution in [-0.4, -0.2) is 13.6 Å². The van der Waals surface area contributed by atoms with Crippen molar-refractivity contribution in [3.05, 3.63) is 0 Å². The molecule has 0 aromatic rings. The minimum atomic E-state index is 0.569. The molecular formula is C3H7N2+. The molecule has 0 rings (SSSR count). The fraction of sp³-hybridized carbons (Fsp3) is 0.667. The first kappa shape index (κ1) is 4.45. The van der Waals surface area contributed by atoms with Crippen molar-refractivity contribution >= 4 is 0 Å². The van der Waals surface area contributed by atoms with Gasteiger partial charge in [0.25, 0.3) is 0 Å². The number of rotatable bonds is 1. The molecule has 0 spiro atoms. The summed E-state index contributed by atoms with van der Waals surface area (Å²) in [6.07, 6.45) is 0. The van der Waals surface area contributed by atoms with E-state index in [0.29, 0.717) is 6.54 Å². The molecule has 2 N–H and O–H groups in total. The van der Waals surface area contributed by atoms with Crippen LogP contribution in [0.3, 0.4) is 0 Å². The predicted octanol–water partition coefficient (Wildman–Crippen LogP) is -1.30. The van der Waals surface area contributed by atoms with Crippen LogP contribution in [0.4, 0.5) is 0 Å². The van der Waals surface area contributed by atoms with Crippen molar-refractivity contribution in [1.82, 2.24) is 0 Å². The fourth-order valence-electron chi connectivity index (χ4n) is 0.0913. The highest BCUT2D eigenvalue weighted by atomic mass is 14.8. The second-order valence-electron chi connectivity index (χ2n) is 0.770. The maximum Gasteiger partial charge on any atom is 0.163 e. The van der Waals surface area contributed by atoms with Gasteiger partial charge in [0.15, 0.2) is 6.54 Å². The first-order valence-corrected chi connectivity index (χ1v) is 1.56. The van der Waals surface area contributed by atoms with Crippen LogP contribution in [-0.2, 0) is 0 Å². The Hall–Kier alpha value is -0.550. The van der Waals surface area contributed by atoms with E-state index in [0.717, 1.165) is 0 Å². The van der Waals surface area contributed by atoms with E-state index in [2.05, 4.69) is 0 Å². The van der Waals surface area contributed by atoms with Gasteiger partial charge < -0.3 is 5.32 Å². The monoisotopic (exact) mass is 71.1 g/mol. The van der Waals surface area contributed by atoms with Gasteiger partial charge in [0, 0.05) is 0 Å². The van der Waals surface area contributed by atoms with Crippen molar-refractivity contribution in [2.45, 2.75) is 0 Å².